The number of amides is 1. The lowest BCUT2D eigenvalue weighted by atomic mass is 10.1. The van der Waals surface area contributed by atoms with Crippen LogP contribution < -0.4 is 5.32 Å². The summed E-state index contributed by atoms with van der Waals surface area (Å²) in [5.41, 5.74) is 0.895. The Morgan fingerprint density at radius 3 is 2.11 bits per heavy atom. The van der Waals surface area contributed by atoms with Crippen molar-refractivity contribution in [3.05, 3.63) is 30.3 Å². The third-order valence-corrected chi connectivity index (χ3v) is 3.31. The van der Waals surface area contributed by atoms with Crippen LogP contribution in [-0.4, -0.2) is 5.91 Å². The number of hydrogen-bond acceptors (Lipinski definition) is 1. The zero-order valence-corrected chi connectivity index (χ0v) is 12.2. The molecule has 0 heterocycles. The van der Waals surface area contributed by atoms with Crippen molar-refractivity contribution < 1.29 is 4.79 Å². The van der Waals surface area contributed by atoms with Crippen LogP contribution in [0, 0.1) is 0 Å². The van der Waals surface area contributed by atoms with Gasteiger partial charge in [-0.25, -0.2) is 0 Å². The molecule has 0 saturated carbocycles. The van der Waals surface area contributed by atoms with E-state index in [0.29, 0.717) is 6.42 Å². The van der Waals surface area contributed by atoms with Crippen molar-refractivity contribution in [2.24, 2.45) is 0 Å². The van der Waals surface area contributed by atoms with Crippen molar-refractivity contribution >= 4 is 11.6 Å². The van der Waals surface area contributed by atoms with Crippen LogP contribution in [0.25, 0.3) is 0 Å². The first-order valence-corrected chi connectivity index (χ1v) is 7.68. The van der Waals surface area contributed by atoms with E-state index < -0.39 is 0 Å². The molecule has 1 amide bonds. The third-order valence-electron chi connectivity index (χ3n) is 3.31. The van der Waals surface area contributed by atoms with Crippen LogP contribution in [0.3, 0.4) is 0 Å². The second-order valence-electron chi connectivity index (χ2n) is 5.14. The minimum Gasteiger partial charge on any atom is -0.326 e. The summed E-state index contributed by atoms with van der Waals surface area (Å²) >= 11 is 0. The fourth-order valence-corrected chi connectivity index (χ4v) is 2.16. The monoisotopic (exact) mass is 261 g/mol. The summed E-state index contributed by atoms with van der Waals surface area (Å²) in [7, 11) is 0. The number of carbonyl (C=O) groups excluding carboxylic acids is 1. The lowest BCUT2D eigenvalue weighted by Crippen LogP contribution is -2.10. The normalized spacial score (nSPS) is 10.4. The van der Waals surface area contributed by atoms with Gasteiger partial charge in [-0.05, 0) is 18.6 Å². The molecule has 2 heteroatoms. The molecule has 0 radical (unpaired) electrons. The number of anilines is 1. The Kier molecular flexibility index (Phi) is 8.78. The Labute approximate surface area is 117 Å². The van der Waals surface area contributed by atoms with Crippen LogP contribution in [-0.2, 0) is 4.79 Å². The average Bonchev–Trinajstić information content (AvgIpc) is 2.43. The highest BCUT2D eigenvalue weighted by atomic mass is 16.1. The summed E-state index contributed by atoms with van der Waals surface area (Å²) in [5, 5.41) is 2.92. The van der Waals surface area contributed by atoms with E-state index in [9.17, 15) is 4.79 Å². The molecule has 0 aliphatic heterocycles. The highest BCUT2D eigenvalue weighted by Crippen LogP contribution is 2.11. The molecule has 1 N–H and O–H groups in total. The van der Waals surface area contributed by atoms with Crippen LogP contribution in [0.1, 0.15) is 64.7 Å². The number of nitrogens with one attached hydrogen (secondary N) is 1. The molecule has 1 aromatic rings. The maximum absolute atomic E-state index is 11.7. The lowest BCUT2D eigenvalue weighted by molar-refractivity contribution is -0.116. The second-order valence-corrected chi connectivity index (χ2v) is 5.14. The van der Waals surface area contributed by atoms with Gasteiger partial charge in [-0.3, -0.25) is 4.79 Å². The van der Waals surface area contributed by atoms with E-state index in [0.717, 1.165) is 12.1 Å². The molecule has 1 rings (SSSR count). The SMILES string of the molecule is CCCCCCCCCCC(=O)Nc1ccccc1. The Morgan fingerprint density at radius 2 is 1.47 bits per heavy atom. The molecule has 0 fully saturated rings. The largest absolute Gasteiger partial charge is 0.326 e. The van der Waals surface area contributed by atoms with Gasteiger partial charge in [0.2, 0.25) is 5.91 Å². The van der Waals surface area contributed by atoms with Crippen LogP contribution >= 0.6 is 0 Å². The van der Waals surface area contributed by atoms with Crippen LogP contribution in [0.2, 0.25) is 0 Å². The Balaban J connectivity index is 1.96. The zero-order chi connectivity index (χ0) is 13.8. The van der Waals surface area contributed by atoms with E-state index in [2.05, 4.69) is 12.2 Å². The van der Waals surface area contributed by atoms with Gasteiger partial charge in [0.15, 0.2) is 0 Å². The van der Waals surface area contributed by atoms with Gasteiger partial charge in [-0.1, -0.05) is 70.1 Å². The molecule has 0 unspecified atom stereocenters. The molecule has 0 spiro atoms. The topological polar surface area (TPSA) is 29.1 Å². The Morgan fingerprint density at radius 1 is 0.895 bits per heavy atom. The molecule has 106 valence electrons. The van der Waals surface area contributed by atoms with Crippen molar-refractivity contribution in [2.75, 3.05) is 5.32 Å². The van der Waals surface area contributed by atoms with Gasteiger partial charge in [-0.15, -0.1) is 0 Å². The third kappa shape index (κ3) is 8.41. The maximum Gasteiger partial charge on any atom is 0.224 e. The van der Waals surface area contributed by atoms with E-state index >= 15 is 0 Å². The molecule has 19 heavy (non-hydrogen) atoms. The van der Waals surface area contributed by atoms with Gasteiger partial charge in [0.1, 0.15) is 0 Å². The Hall–Kier alpha value is -1.31. The summed E-state index contributed by atoms with van der Waals surface area (Å²) in [4.78, 5) is 11.7. The predicted molar refractivity (Wildman–Crippen MR) is 82.3 cm³/mol. The smallest absolute Gasteiger partial charge is 0.224 e. The number of para-hydroxylation sites is 1. The van der Waals surface area contributed by atoms with Gasteiger partial charge in [-0.2, -0.15) is 0 Å². The fraction of sp³-hybridized carbons (Fsp3) is 0.588. The van der Waals surface area contributed by atoms with E-state index in [1.165, 1.54) is 44.9 Å². The molecule has 0 aromatic heterocycles. The van der Waals surface area contributed by atoms with Crippen molar-refractivity contribution in [3.63, 3.8) is 0 Å². The zero-order valence-electron chi connectivity index (χ0n) is 12.2. The minimum absolute atomic E-state index is 0.136. The standard InChI is InChI=1S/C17H27NO/c1-2-3-4-5-6-7-8-12-15-17(19)18-16-13-10-9-11-14-16/h9-11,13-14H,2-8,12,15H2,1H3,(H,18,19). The van der Waals surface area contributed by atoms with Gasteiger partial charge in [0.25, 0.3) is 0 Å². The number of rotatable bonds is 10. The molecule has 1 aromatic carbocycles. The van der Waals surface area contributed by atoms with Crippen molar-refractivity contribution in [3.8, 4) is 0 Å². The molecule has 0 aliphatic carbocycles. The first-order valence-electron chi connectivity index (χ1n) is 7.68. The van der Waals surface area contributed by atoms with Crippen molar-refractivity contribution in [1.29, 1.82) is 0 Å². The average molecular weight is 261 g/mol. The predicted octanol–water partition coefficient (Wildman–Crippen LogP) is 5.16. The van der Waals surface area contributed by atoms with E-state index in [-0.39, 0.29) is 5.91 Å². The molecular formula is C17H27NO. The van der Waals surface area contributed by atoms with Crippen LogP contribution in [0.4, 0.5) is 5.69 Å². The highest BCUT2D eigenvalue weighted by molar-refractivity contribution is 5.90. The number of benzene rings is 1. The first-order chi connectivity index (χ1) is 9.33. The summed E-state index contributed by atoms with van der Waals surface area (Å²) in [5.74, 6) is 0.136. The van der Waals surface area contributed by atoms with Crippen molar-refractivity contribution in [1.82, 2.24) is 0 Å². The molecule has 0 bridgehead atoms. The second kappa shape index (κ2) is 10.6. The van der Waals surface area contributed by atoms with Gasteiger partial charge in [0.05, 0.1) is 0 Å². The first kappa shape index (κ1) is 15.7. The molecule has 0 aliphatic rings. The summed E-state index contributed by atoms with van der Waals surface area (Å²) in [6, 6.07) is 9.67. The highest BCUT2D eigenvalue weighted by Gasteiger charge is 2.01. The number of carbonyl (C=O) groups is 1. The molecule has 2 nitrogen and oxygen atoms in total. The lowest BCUT2D eigenvalue weighted by Gasteiger charge is -2.05. The van der Waals surface area contributed by atoms with E-state index in [4.69, 9.17) is 0 Å². The van der Waals surface area contributed by atoms with Gasteiger partial charge >= 0.3 is 0 Å². The fourth-order valence-electron chi connectivity index (χ4n) is 2.16. The summed E-state index contributed by atoms with van der Waals surface area (Å²) in [6.45, 7) is 2.24. The summed E-state index contributed by atoms with van der Waals surface area (Å²) < 4.78 is 0. The Bertz CT molecular complexity index is 334. The molecular weight excluding hydrogens is 234 g/mol. The maximum atomic E-state index is 11.7. The van der Waals surface area contributed by atoms with Crippen LogP contribution in [0.5, 0.6) is 0 Å². The van der Waals surface area contributed by atoms with Gasteiger partial charge < -0.3 is 5.32 Å². The molecule has 0 saturated heterocycles. The van der Waals surface area contributed by atoms with E-state index in [1.54, 1.807) is 0 Å². The van der Waals surface area contributed by atoms with E-state index in [1.807, 2.05) is 30.3 Å². The van der Waals surface area contributed by atoms with Gasteiger partial charge in [0, 0.05) is 12.1 Å². The number of hydrogen-bond donors (Lipinski definition) is 1. The minimum atomic E-state index is 0.136. The summed E-state index contributed by atoms with van der Waals surface area (Å²) in [6.07, 6.45) is 10.8. The van der Waals surface area contributed by atoms with Crippen LogP contribution in [0.15, 0.2) is 30.3 Å². The van der Waals surface area contributed by atoms with Crippen molar-refractivity contribution in [2.45, 2.75) is 64.7 Å². The molecule has 0 atom stereocenters. The number of unbranched alkanes of at least 4 members (excludes halogenated alkanes) is 7. The quantitative estimate of drug-likeness (QED) is 0.579.